The Kier molecular flexibility index (Phi) is 6.65. The number of nitrogens with one attached hydrogen (secondary N) is 1. The maximum absolute atomic E-state index is 12.1. The number of hydrogen-bond donors (Lipinski definition) is 1. The van der Waals surface area contributed by atoms with Crippen molar-refractivity contribution in [2.45, 2.75) is 6.92 Å². The van der Waals surface area contributed by atoms with Crippen LogP contribution in [0, 0.1) is 0 Å². The molecule has 0 aliphatic heterocycles. The molecular weight excluding hydrogens is 346 g/mol. The monoisotopic (exact) mass is 363 g/mol. The molecule has 0 saturated heterocycles. The van der Waals surface area contributed by atoms with Gasteiger partial charge in [0.2, 0.25) is 0 Å². The maximum atomic E-state index is 12.1. The summed E-state index contributed by atoms with van der Waals surface area (Å²) in [6.45, 7) is 1.87. The highest BCUT2D eigenvalue weighted by Crippen LogP contribution is 2.24. The van der Waals surface area contributed by atoms with E-state index in [9.17, 15) is 9.59 Å². The number of methoxy groups -OCH3 is 1. The number of para-hydroxylation sites is 2. The van der Waals surface area contributed by atoms with E-state index in [2.05, 4.69) is 5.32 Å². The van der Waals surface area contributed by atoms with E-state index in [-0.39, 0.29) is 5.56 Å². The van der Waals surface area contributed by atoms with Crippen LogP contribution in [0.4, 0.5) is 5.69 Å². The van der Waals surface area contributed by atoms with Gasteiger partial charge in [0.1, 0.15) is 17.1 Å². The van der Waals surface area contributed by atoms with Gasteiger partial charge in [0, 0.05) is 5.02 Å². The first-order chi connectivity index (χ1) is 12.0. The second-order valence-corrected chi connectivity index (χ2v) is 5.33. The second kappa shape index (κ2) is 8.94. The fourth-order valence-electron chi connectivity index (χ4n) is 2.09. The van der Waals surface area contributed by atoms with Gasteiger partial charge in [0.05, 0.1) is 19.4 Å². The van der Waals surface area contributed by atoms with Crippen LogP contribution >= 0.6 is 11.6 Å². The third-order valence-electron chi connectivity index (χ3n) is 3.18. The van der Waals surface area contributed by atoms with E-state index in [1.165, 1.54) is 13.2 Å². The summed E-state index contributed by atoms with van der Waals surface area (Å²) in [6.07, 6.45) is 0. The zero-order valence-corrected chi connectivity index (χ0v) is 14.6. The Morgan fingerprint density at radius 3 is 2.60 bits per heavy atom. The number of carbonyl (C=O) groups is 2. The SMILES string of the molecule is CCOc1ccccc1NC(=O)COC(=O)c1cc(Cl)ccc1OC. The van der Waals surface area contributed by atoms with Gasteiger partial charge in [-0.05, 0) is 37.3 Å². The van der Waals surface area contributed by atoms with Crippen LogP contribution in [0.5, 0.6) is 11.5 Å². The molecule has 0 spiro atoms. The van der Waals surface area contributed by atoms with Crippen molar-refractivity contribution in [2.24, 2.45) is 0 Å². The zero-order valence-electron chi connectivity index (χ0n) is 13.9. The highest BCUT2D eigenvalue weighted by atomic mass is 35.5. The normalized spacial score (nSPS) is 10.0. The number of rotatable bonds is 7. The van der Waals surface area contributed by atoms with E-state index in [1.54, 1.807) is 36.4 Å². The molecule has 132 valence electrons. The molecule has 0 fully saturated rings. The number of ether oxygens (including phenoxy) is 3. The summed E-state index contributed by atoms with van der Waals surface area (Å²) in [7, 11) is 1.43. The lowest BCUT2D eigenvalue weighted by molar-refractivity contribution is -0.119. The first kappa shape index (κ1) is 18.6. The van der Waals surface area contributed by atoms with Gasteiger partial charge in [0.15, 0.2) is 6.61 Å². The lowest BCUT2D eigenvalue weighted by Crippen LogP contribution is -2.21. The van der Waals surface area contributed by atoms with Crippen LogP contribution < -0.4 is 14.8 Å². The molecule has 0 unspecified atom stereocenters. The molecule has 1 N–H and O–H groups in total. The Morgan fingerprint density at radius 2 is 1.88 bits per heavy atom. The van der Waals surface area contributed by atoms with E-state index < -0.39 is 18.5 Å². The molecule has 0 saturated carbocycles. The molecule has 2 rings (SSSR count). The van der Waals surface area contributed by atoms with Crippen LogP contribution in [0.25, 0.3) is 0 Å². The van der Waals surface area contributed by atoms with Gasteiger partial charge in [-0.2, -0.15) is 0 Å². The van der Waals surface area contributed by atoms with E-state index in [1.807, 2.05) is 6.92 Å². The van der Waals surface area contributed by atoms with E-state index >= 15 is 0 Å². The first-order valence-corrected chi connectivity index (χ1v) is 7.95. The highest BCUT2D eigenvalue weighted by molar-refractivity contribution is 6.31. The number of carbonyl (C=O) groups excluding carboxylic acids is 2. The molecule has 0 atom stereocenters. The fraction of sp³-hybridized carbons (Fsp3) is 0.222. The summed E-state index contributed by atoms with van der Waals surface area (Å²) < 4.78 is 15.5. The third-order valence-corrected chi connectivity index (χ3v) is 3.41. The number of benzene rings is 2. The van der Waals surface area contributed by atoms with Crippen LogP contribution in [-0.4, -0.2) is 32.2 Å². The van der Waals surface area contributed by atoms with Gasteiger partial charge >= 0.3 is 5.97 Å². The van der Waals surface area contributed by atoms with Gasteiger partial charge in [-0.25, -0.2) is 4.79 Å². The molecule has 0 bridgehead atoms. The number of esters is 1. The van der Waals surface area contributed by atoms with Gasteiger partial charge in [-0.3, -0.25) is 4.79 Å². The molecule has 0 aromatic heterocycles. The molecule has 25 heavy (non-hydrogen) atoms. The zero-order chi connectivity index (χ0) is 18.2. The number of anilines is 1. The van der Waals surface area contributed by atoms with E-state index in [0.29, 0.717) is 28.8 Å². The Hall–Kier alpha value is -2.73. The summed E-state index contributed by atoms with van der Waals surface area (Å²) in [5, 5.41) is 3.01. The van der Waals surface area contributed by atoms with Crippen molar-refractivity contribution < 1.29 is 23.8 Å². The summed E-state index contributed by atoms with van der Waals surface area (Å²) in [5.41, 5.74) is 0.656. The van der Waals surface area contributed by atoms with Gasteiger partial charge in [-0.15, -0.1) is 0 Å². The van der Waals surface area contributed by atoms with Crippen LogP contribution in [0.3, 0.4) is 0 Å². The fourth-order valence-corrected chi connectivity index (χ4v) is 2.26. The summed E-state index contributed by atoms with van der Waals surface area (Å²) in [5.74, 6) is -0.327. The molecule has 2 aromatic rings. The molecule has 0 radical (unpaired) electrons. The lowest BCUT2D eigenvalue weighted by Gasteiger charge is -2.12. The van der Waals surface area contributed by atoms with Crippen molar-refractivity contribution >= 4 is 29.2 Å². The van der Waals surface area contributed by atoms with Crippen LogP contribution in [0.2, 0.25) is 5.02 Å². The summed E-state index contributed by atoms with van der Waals surface area (Å²) in [4.78, 5) is 24.2. The van der Waals surface area contributed by atoms with E-state index in [4.69, 9.17) is 25.8 Å². The van der Waals surface area contributed by atoms with Gasteiger partial charge in [-0.1, -0.05) is 23.7 Å². The van der Waals surface area contributed by atoms with Crippen LogP contribution in [-0.2, 0) is 9.53 Å². The molecular formula is C18H18ClNO5. The van der Waals surface area contributed by atoms with Crippen molar-refractivity contribution in [1.29, 1.82) is 0 Å². The van der Waals surface area contributed by atoms with Crippen molar-refractivity contribution in [3.63, 3.8) is 0 Å². The third kappa shape index (κ3) is 5.12. The number of halogens is 1. The Labute approximate surface area is 150 Å². The van der Waals surface area contributed by atoms with Crippen molar-refractivity contribution in [2.75, 3.05) is 25.6 Å². The van der Waals surface area contributed by atoms with Crippen molar-refractivity contribution in [1.82, 2.24) is 0 Å². The molecule has 0 heterocycles. The smallest absolute Gasteiger partial charge is 0.342 e. The van der Waals surface area contributed by atoms with Gasteiger partial charge in [0.25, 0.3) is 5.91 Å². The Balaban J connectivity index is 1.98. The second-order valence-electron chi connectivity index (χ2n) is 4.90. The average Bonchev–Trinajstić information content (AvgIpc) is 2.61. The molecule has 6 nitrogen and oxygen atoms in total. The van der Waals surface area contributed by atoms with Crippen molar-refractivity contribution in [3.05, 3.63) is 53.1 Å². The number of amides is 1. The lowest BCUT2D eigenvalue weighted by atomic mass is 10.2. The molecule has 0 aliphatic carbocycles. The first-order valence-electron chi connectivity index (χ1n) is 7.57. The van der Waals surface area contributed by atoms with Gasteiger partial charge < -0.3 is 19.5 Å². The molecule has 2 aromatic carbocycles. The minimum absolute atomic E-state index is 0.150. The average molecular weight is 364 g/mol. The quantitative estimate of drug-likeness (QED) is 0.761. The van der Waals surface area contributed by atoms with Crippen LogP contribution in [0.15, 0.2) is 42.5 Å². The predicted octanol–water partition coefficient (Wildman–Crippen LogP) is 3.54. The molecule has 1 amide bonds. The minimum Gasteiger partial charge on any atom is -0.496 e. The Morgan fingerprint density at radius 1 is 1.12 bits per heavy atom. The number of hydrogen-bond acceptors (Lipinski definition) is 5. The molecule has 0 aliphatic rings. The standard InChI is InChI=1S/C18H18ClNO5/c1-3-24-16-7-5-4-6-14(16)20-17(21)11-25-18(22)13-10-12(19)8-9-15(13)23-2/h4-10H,3,11H2,1-2H3,(H,20,21). The van der Waals surface area contributed by atoms with Crippen molar-refractivity contribution in [3.8, 4) is 11.5 Å². The topological polar surface area (TPSA) is 73.9 Å². The van der Waals surface area contributed by atoms with E-state index in [0.717, 1.165) is 0 Å². The summed E-state index contributed by atoms with van der Waals surface area (Å²) >= 11 is 5.88. The highest BCUT2D eigenvalue weighted by Gasteiger charge is 2.16. The summed E-state index contributed by atoms with van der Waals surface area (Å²) in [6, 6.07) is 11.6. The predicted molar refractivity (Wildman–Crippen MR) is 94.5 cm³/mol. The van der Waals surface area contributed by atoms with Crippen LogP contribution in [0.1, 0.15) is 17.3 Å². The largest absolute Gasteiger partial charge is 0.496 e. The minimum atomic E-state index is -0.701. The molecule has 7 heteroatoms. The Bertz CT molecular complexity index is 763. The maximum Gasteiger partial charge on any atom is 0.342 e.